The number of phenolic OH excluding ortho intramolecular Hbond substituents is 2. The smallest absolute Gasteiger partial charge is 0.137 e. The molecule has 0 aliphatic carbocycles. The Bertz CT molecular complexity index is 2360. The molecule has 0 aliphatic rings. The number of pyridine rings is 1. The highest BCUT2D eigenvalue weighted by molar-refractivity contribution is 5.84. The molecule has 4 aromatic heterocycles. The lowest BCUT2D eigenvalue weighted by molar-refractivity contribution is 0.454. The topological polar surface area (TPSA) is 122 Å². The molecule has 230 valence electrons. The van der Waals surface area contributed by atoms with Crippen molar-refractivity contribution >= 4 is 44.8 Å². The normalized spacial score (nSPS) is 11.5. The third kappa shape index (κ3) is 4.65. The van der Waals surface area contributed by atoms with Crippen molar-refractivity contribution in [3.63, 3.8) is 0 Å². The van der Waals surface area contributed by atoms with Crippen molar-refractivity contribution in [1.29, 1.82) is 0 Å². The molecule has 48 heavy (non-hydrogen) atoms. The third-order valence-corrected chi connectivity index (χ3v) is 8.21. The molecule has 0 fully saturated rings. The van der Waals surface area contributed by atoms with Crippen LogP contribution in [-0.2, 0) is 0 Å². The van der Waals surface area contributed by atoms with Gasteiger partial charge in [0.1, 0.15) is 39.2 Å². The molecule has 11 nitrogen and oxygen atoms in total. The maximum atomic E-state index is 11.3. The number of hydrogen-bond donors (Lipinski definition) is 2. The Morgan fingerprint density at radius 1 is 0.500 bits per heavy atom. The van der Waals surface area contributed by atoms with Crippen LogP contribution in [0.2, 0.25) is 0 Å². The van der Waals surface area contributed by atoms with Crippen LogP contribution in [0.5, 0.6) is 11.5 Å². The monoisotopic (exact) mass is 627 g/mol. The van der Waals surface area contributed by atoms with E-state index in [1.54, 1.807) is 27.9 Å². The molecule has 0 bridgehead atoms. The molecule has 0 unspecified atom stereocenters. The van der Waals surface area contributed by atoms with Gasteiger partial charge >= 0.3 is 0 Å². The van der Waals surface area contributed by atoms with E-state index in [9.17, 15) is 10.2 Å². The van der Waals surface area contributed by atoms with Gasteiger partial charge in [-0.3, -0.25) is 0 Å². The van der Waals surface area contributed by atoms with Crippen molar-refractivity contribution in [3.05, 3.63) is 140 Å². The summed E-state index contributed by atoms with van der Waals surface area (Å²) < 4.78 is 1.84. The Morgan fingerprint density at radius 2 is 0.958 bits per heavy atom. The van der Waals surface area contributed by atoms with Crippen molar-refractivity contribution in [2.24, 2.45) is 0 Å². The average Bonchev–Trinajstić information content (AvgIpc) is 3.85. The lowest BCUT2D eigenvalue weighted by Crippen LogP contribution is -2.11. The van der Waals surface area contributed by atoms with E-state index in [-0.39, 0.29) is 17.1 Å². The summed E-state index contributed by atoms with van der Waals surface area (Å²) in [4.78, 5) is 9.76. The first-order valence-corrected chi connectivity index (χ1v) is 15.2. The van der Waals surface area contributed by atoms with E-state index in [1.807, 2.05) is 131 Å². The summed E-state index contributed by atoms with van der Waals surface area (Å²) in [5, 5.41) is 41.1. The summed E-state index contributed by atoms with van der Waals surface area (Å²) in [5.74, 6) is -0.210. The van der Waals surface area contributed by atoms with Gasteiger partial charge in [0.15, 0.2) is 0 Å². The number of aromatic nitrogens is 8. The molecular formula is C37H25N9O2. The van der Waals surface area contributed by atoms with Gasteiger partial charge in [0.2, 0.25) is 0 Å². The highest BCUT2D eigenvalue weighted by Crippen LogP contribution is 2.44. The number of benzene rings is 5. The van der Waals surface area contributed by atoms with Crippen LogP contribution in [0.4, 0.5) is 17.1 Å². The van der Waals surface area contributed by atoms with Crippen LogP contribution in [0.25, 0.3) is 50.3 Å². The minimum Gasteiger partial charge on any atom is -0.507 e. The highest BCUT2D eigenvalue weighted by Gasteiger charge is 2.21. The van der Waals surface area contributed by atoms with Crippen molar-refractivity contribution in [2.45, 2.75) is 0 Å². The van der Waals surface area contributed by atoms with Gasteiger partial charge in [-0.2, -0.15) is 9.59 Å². The molecule has 9 rings (SSSR count). The maximum absolute atomic E-state index is 11.3. The predicted molar refractivity (Wildman–Crippen MR) is 183 cm³/mol. The van der Waals surface area contributed by atoms with E-state index in [0.29, 0.717) is 17.0 Å². The largest absolute Gasteiger partial charge is 0.507 e. The molecular weight excluding hydrogens is 602 g/mol. The number of hydrogen-bond acceptors (Lipinski definition) is 8. The van der Waals surface area contributed by atoms with Gasteiger partial charge in [0.05, 0.1) is 28.3 Å². The first kappa shape index (κ1) is 27.3. The van der Waals surface area contributed by atoms with Crippen molar-refractivity contribution < 1.29 is 10.2 Å². The highest BCUT2D eigenvalue weighted by atomic mass is 16.3. The Kier molecular flexibility index (Phi) is 6.15. The van der Waals surface area contributed by atoms with E-state index in [1.165, 1.54) is 0 Å². The van der Waals surface area contributed by atoms with Crippen molar-refractivity contribution in [1.82, 2.24) is 39.4 Å². The quantitative estimate of drug-likeness (QED) is 0.196. The summed E-state index contributed by atoms with van der Waals surface area (Å²) >= 11 is 0. The lowest BCUT2D eigenvalue weighted by Gasteiger charge is -2.26. The first-order chi connectivity index (χ1) is 23.6. The lowest BCUT2D eigenvalue weighted by atomic mass is 10.1. The zero-order valence-electron chi connectivity index (χ0n) is 25.2. The van der Waals surface area contributed by atoms with Crippen LogP contribution >= 0.6 is 0 Å². The number of nitrogens with zero attached hydrogens (tertiary/aromatic N) is 9. The standard InChI is InChI=1S/C37H25N9O2/c47-34-21-28(22-35(48)37(34)33-23-43-20-6-5-11-36(43)38-33)44(24-12-16-26(17-13-24)45-39-29-7-1-2-8-30(29)40-45)25-14-18-27(19-15-25)46-41-31-9-3-4-10-32(31)42-46/h1-23,47-48H. The van der Waals surface area contributed by atoms with Crippen LogP contribution in [0.15, 0.2) is 140 Å². The number of imidazole rings is 1. The molecule has 0 amide bonds. The zero-order valence-corrected chi connectivity index (χ0v) is 25.2. The summed E-state index contributed by atoms with van der Waals surface area (Å²) in [7, 11) is 0. The average molecular weight is 628 g/mol. The Hall–Kier alpha value is -7.01. The number of fused-ring (bicyclic) bond motifs is 3. The number of aromatic hydroxyl groups is 2. The minimum atomic E-state index is -0.105. The van der Waals surface area contributed by atoms with Crippen LogP contribution in [0.1, 0.15) is 0 Å². The zero-order chi connectivity index (χ0) is 32.2. The summed E-state index contributed by atoms with van der Waals surface area (Å²) in [5.41, 5.74) is 8.32. The second-order valence-corrected chi connectivity index (χ2v) is 11.3. The molecule has 2 N–H and O–H groups in total. The molecule has 0 aliphatic heterocycles. The molecule has 4 heterocycles. The second-order valence-electron chi connectivity index (χ2n) is 11.3. The maximum Gasteiger partial charge on any atom is 0.137 e. The van der Waals surface area contributed by atoms with E-state index in [2.05, 4.69) is 25.4 Å². The van der Waals surface area contributed by atoms with Crippen LogP contribution in [0.3, 0.4) is 0 Å². The fraction of sp³-hybridized carbons (Fsp3) is 0. The first-order valence-electron chi connectivity index (χ1n) is 15.2. The third-order valence-electron chi connectivity index (χ3n) is 8.21. The molecule has 5 aromatic carbocycles. The van der Waals surface area contributed by atoms with Gasteiger partial charge in [-0.25, -0.2) is 4.98 Å². The Balaban J connectivity index is 1.13. The van der Waals surface area contributed by atoms with E-state index < -0.39 is 0 Å². The SMILES string of the molecule is Oc1cc(N(c2ccc(-n3nc4ccccc4n3)cc2)c2ccc(-n3nc4ccccc4n3)cc2)cc(O)c1-c1cn2ccccc2n1. The summed E-state index contributed by atoms with van der Waals surface area (Å²) in [6.45, 7) is 0. The molecule has 0 radical (unpaired) electrons. The molecule has 0 saturated heterocycles. The fourth-order valence-corrected chi connectivity index (χ4v) is 5.91. The van der Waals surface area contributed by atoms with Gasteiger partial charge in [-0.15, -0.1) is 20.4 Å². The van der Waals surface area contributed by atoms with E-state index >= 15 is 0 Å². The Labute approximate surface area is 272 Å². The molecule has 9 aromatic rings. The molecule has 0 atom stereocenters. The molecule has 0 saturated carbocycles. The number of rotatable bonds is 6. The van der Waals surface area contributed by atoms with Crippen LogP contribution in [0, 0.1) is 0 Å². The second kappa shape index (κ2) is 10.8. The summed E-state index contributed by atoms with van der Waals surface area (Å²) in [6.07, 6.45) is 3.64. The van der Waals surface area contributed by atoms with Gasteiger partial charge < -0.3 is 19.5 Å². The van der Waals surface area contributed by atoms with Gasteiger partial charge in [0, 0.05) is 35.9 Å². The minimum absolute atomic E-state index is 0.105. The van der Waals surface area contributed by atoms with E-state index in [4.69, 9.17) is 0 Å². The van der Waals surface area contributed by atoms with Crippen molar-refractivity contribution in [2.75, 3.05) is 4.90 Å². The fourth-order valence-electron chi connectivity index (χ4n) is 5.91. The van der Waals surface area contributed by atoms with Crippen LogP contribution in [-0.4, -0.2) is 49.6 Å². The van der Waals surface area contributed by atoms with Crippen LogP contribution < -0.4 is 4.90 Å². The van der Waals surface area contributed by atoms with E-state index in [0.717, 1.165) is 44.8 Å². The van der Waals surface area contributed by atoms with Gasteiger partial charge in [-0.05, 0) is 84.9 Å². The Morgan fingerprint density at radius 3 is 1.42 bits per heavy atom. The van der Waals surface area contributed by atoms with Gasteiger partial charge in [-0.1, -0.05) is 30.3 Å². The van der Waals surface area contributed by atoms with Gasteiger partial charge in [0.25, 0.3) is 0 Å². The molecule has 11 heteroatoms. The predicted octanol–water partition coefficient (Wildman–Crippen LogP) is 7.35. The number of phenols is 2. The number of anilines is 3. The summed E-state index contributed by atoms with van der Waals surface area (Å²) in [6, 6.07) is 39.9. The van der Waals surface area contributed by atoms with Crippen molar-refractivity contribution in [3.8, 4) is 34.1 Å². The molecule has 0 spiro atoms.